The van der Waals surface area contributed by atoms with Gasteiger partial charge in [0.15, 0.2) is 0 Å². The van der Waals surface area contributed by atoms with E-state index >= 15 is 0 Å². The summed E-state index contributed by atoms with van der Waals surface area (Å²) in [4.78, 5) is 23.9. The van der Waals surface area contributed by atoms with Crippen LogP contribution in [-0.2, 0) is 14.8 Å². The van der Waals surface area contributed by atoms with E-state index in [-0.39, 0.29) is 12.3 Å². The molecule has 1 aromatic rings. The van der Waals surface area contributed by atoms with E-state index < -0.39 is 27.3 Å². The molecule has 2 N–H and O–H groups in total. The third-order valence-corrected chi connectivity index (χ3v) is 6.76. The number of anilines is 1. The smallest absolute Gasteiger partial charge is 0.311 e. The second kappa shape index (κ2) is 7.43. The van der Waals surface area contributed by atoms with Crippen LogP contribution in [0.1, 0.15) is 43.5 Å². The zero-order valence-electron chi connectivity index (χ0n) is 14.5. The van der Waals surface area contributed by atoms with E-state index in [1.807, 2.05) is 0 Å². The topological polar surface area (TPSA) is 104 Å². The molecule has 0 aliphatic carbocycles. The number of hydrogen-bond donors (Lipinski definition) is 2. The Kier molecular flexibility index (Phi) is 5.72. The molecule has 1 aliphatic rings. The van der Waals surface area contributed by atoms with Gasteiger partial charge in [0.1, 0.15) is 0 Å². The monoisotopic (exact) mass is 368 g/mol. The Morgan fingerprint density at radius 3 is 2.48 bits per heavy atom. The molecule has 0 atom stereocenters. The molecule has 1 heterocycles. The van der Waals surface area contributed by atoms with Gasteiger partial charge in [-0.15, -0.1) is 0 Å². The van der Waals surface area contributed by atoms with Gasteiger partial charge in [-0.3, -0.25) is 13.9 Å². The van der Waals surface area contributed by atoms with Crippen LogP contribution in [0.2, 0.25) is 0 Å². The second-order valence-corrected chi connectivity index (χ2v) is 8.28. The fraction of sp³-hybridized carbons (Fsp3) is 0.529. The summed E-state index contributed by atoms with van der Waals surface area (Å²) in [6.45, 7) is 3.99. The number of amides is 1. The minimum atomic E-state index is -3.31. The van der Waals surface area contributed by atoms with Crippen molar-refractivity contribution in [3.05, 3.63) is 29.8 Å². The van der Waals surface area contributed by atoms with E-state index in [9.17, 15) is 23.1 Å². The third-order valence-electron chi connectivity index (χ3n) is 4.89. The quantitative estimate of drug-likeness (QED) is 0.764. The predicted molar refractivity (Wildman–Crippen MR) is 95.2 cm³/mol. The largest absolute Gasteiger partial charge is 0.481 e. The van der Waals surface area contributed by atoms with Crippen LogP contribution in [0, 0.1) is 5.41 Å². The fourth-order valence-corrected chi connectivity index (χ4v) is 4.52. The van der Waals surface area contributed by atoms with Gasteiger partial charge in [0.05, 0.1) is 16.9 Å². The van der Waals surface area contributed by atoms with Crippen molar-refractivity contribution in [3.8, 4) is 0 Å². The van der Waals surface area contributed by atoms with Crippen LogP contribution in [0.4, 0.5) is 5.69 Å². The molecule has 138 valence electrons. The molecule has 0 unspecified atom stereocenters. The standard InChI is InChI=1S/C17H24N2O5S/c1-3-17(4-2,16(21)22)12-18-15(20)13-7-5-8-14(11-13)19-9-6-10-25(19,23)24/h5,7-8,11H,3-4,6,9-10,12H2,1-2H3,(H,18,20)(H,21,22). The van der Waals surface area contributed by atoms with Crippen LogP contribution in [0.3, 0.4) is 0 Å². The number of nitrogens with one attached hydrogen (secondary N) is 1. The number of hydrogen-bond acceptors (Lipinski definition) is 4. The van der Waals surface area contributed by atoms with Crippen molar-refractivity contribution < 1.29 is 23.1 Å². The number of rotatable bonds is 7. The molecule has 1 fully saturated rings. The summed E-state index contributed by atoms with van der Waals surface area (Å²) in [5, 5.41) is 12.1. The van der Waals surface area contributed by atoms with Gasteiger partial charge in [-0.05, 0) is 37.5 Å². The Balaban J connectivity index is 2.15. The van der Waals surface area contributed by atoms with Crippen LogP contribution in [0.5, 0.6) is 0 Å². The van der Waals surface area contributed by atoms with Gasteiger partial charge in [0.25, 0.3) is 5.91 Å². The van der Waals surface area contributed by atoms with Crippen LogP contribution < -0.4 is 9.62 Å². The highest BCUT2D eigenvalue weighted by Crippen LogP contribution is 2.27. The van der Waals surface area contributed by atoms with Gasteiger partial charge < -0.3 is 10.4 Å². The van der Waals surface area contributed by atoms with E-state index in [1.165, 1.54) is 10.4 Å². The summed E-state index contributed by atoms with van der Waals surface area (Å²) in [5.41, 5.74) is -0.224. The highest BCUT2D eigenvalue weighted by atomic mass is 32.2. The molecule has 0 aromatic heterocycles. The van der Waals surface area contributed by atoms with Crippen LogP contribution in [0.15, 0.2) is 24.3 Å². The van der Waals surface area contributed by atoms with Crippen molar-refractivity contribution in [1.82, 2.24) is 5.32 Å². The zero-order valence-corrected chi connectivity index (χ0v) is 15.3. The lowest BCUT2D eigenvalue weighted by Gasteiger charge is -2.27. The highest BCUT2D eigenvalue weighted by Gasteiger charge is 2.35. The summed E-state index contributed by atoms with van der Waals surface area (Å²) in [5.74, 6) is -1.24. The maximum absolute atomic E-state index is 12.4. The Hall–Kier alpha value is -2.09. The average molecular weight is 368 g/mol. The first-order valence-electron chi connectivity index (χ1n) is 8.38. The zero-order chi connectivity index (χ0) is 18.7. The van der Waals surface area contributed by atoms with Crippen LogP contribution >= 0.6 is 0 Å². The maximum atomic E-state index is 12.4. The average Bonchev–Trinajstić information content (AvgIpc) is 2.95. The van der Waals surface area contributed by atoms with Gasteiger partial charge in [0, 0.05) is 18.7 Å². The number of nitrogens with zero attached hydrogens (tertiary/aromatic N) is 1. The first kappa shape index (κ1) is 19.2. The van der Waals surface area contributed by atoms with Gasteiger partial charge in [0.2, 0.25) is 10.0 Å². The predicted octanol–water partition coefficient (Wildman–Crippen LogP) is 1.85. The van der Waals surface area contributed by atoms with Crippen molar-refractivity contribution in [3.63, 3.8) is 0 Å². The molecule has 0 bridgehead atoms. The van der Waals surface area contributed by atoms with Crippen molar-refractivity contribution in [1.29, 1.82) is 0 Å². The number of carbonyl (C=O) groups excluding carboxylic acids is 1. The Bertz CT molecular complexity index is 756. The molecule has 25 heavy (non-hydrogen) atoms. The molecule has 0 saturated carbocycles. The summed E-state index contributed by atoms with van der Waals surface area (Å²) < 4.78 is 25.3. The van der Waals surface area contributed by atoms with E-state index in [2.05, 4.69) is 5.32 Å². The molecular weight excluding hydrogens is 344 g/mol. The van der Waals surface area contributed by atoms with Gasteiger partial charge in [-0.25, -0.2) is 8.42 Å². The molecule has 1 aliphatic heterocycles. The van der Waals surface area contributed by atoms with Crippen molar-refractivity contribution in [2.45, 2.75) is 33.1 Å². The second-order valence-electron chi connectivity index (χ2n) is 6.27. The maximum Gasteiger partial charge on any atom is 0.311 e. The Labute approximate surface area is 148 Å². The van der Waals surface area contributed by atoms with Gasteiger partial charge in [-0.2, -0.15) is 0 Å². The van der Waals surface area contributed by atoms with E-state index in [0.717, 1.165) is 0 Å². The highest BCUT2D eigenvalue weighted by molar-refractivity contribution is 7.93. The molecule has 0 radical (unpaired) electrons. The van der Waals surface area contributed by atoms with Gasteiger partial charge in [-0.1, -0.05) is 19.9 Å². The lowest BCUT2D eigenvalue weighted by Crippen LogP contribution is -2.42. The molecule has 1 saturated heterocycles. The normalized spacial score (nSPS) is 16.6. The minimum absolute atomic E-state index is 0.0282. The third kappa shape index (κ3) is 3.95. The SMILES string of the molecule is CCC(CC)(CNC(=O)c1cccc(N2CCCS2(=O)=O)c1)C(=O)O. The van der Waals surface area contributed by atoms with Crippen molar-refractivity contribution in [2.75, 3.05) is 23.1 Å². The molecule has 8 heteroatoms. The van der Waals surface area contributed by atoms with Gasteiger partial charge >= 0.3 is 5.97 Å². The number of carboxylic acids is 1. The summed E-state index contributed by atoms with van der Waals surface area (Å²) >= 11 is 0. The van der Waals surface area contributed by atoms with Crippen molar-refractivity contribution in [2.24, 2.45) is 5.41 Å². The van der Waals surface area contributed by atoms with Crippen LogP contribution in [-0.4, -0.2) is 44.2 Å². The van der Waals surface area contributed by atoms with Crippen LogP contribution in [0.25, 0.3) is 0 Å². The lowest BCUT2D eigenvalue weighted by atomic mass is 9.82. The molecule has 2 rings (SSSR count). The number of sulfonamides is 1. The first-order valence-corrected chi connectivity index (χ1v) is 9.99. The Morgan fingerprint density at radius 2 is 1.96 bits per heavy atom. The summed E-state index contributed by atoms with van der Waals surface area (Å²) in [6.07, 6.45) is 1.38. The number of carbonyl (C=O) groups is 2. The number of benzene rings is 1. The number of aliphatic carboxylic acids is 1. The van der Waals surface area contributed by atoms with Crippen molar-refractivity contribution >= 4 is 27.6 Å². The van der Waals surface area contributed by atoms with E-state index in [0.29, 0.717) is 37.1 Å². The molecule has 7 nitrogen and oxygen atoms in total. The summed E-state index contributed by atoms with van der Waals surface area (Å²) in [6, 6.07) is 6.39. The molecular formula is C17H24N2O5S. The fourth-order valence-electron chi connectivity index (χ4n) is 2.96. The minimum Gasteiger partial charge on any atom is -0.481 e. The molecule has 1 aromatic carbocycles. The molecule has 1 amide bonds. The molecule has 0 spiro atoms. The van der Waals surface area contributed by atoms with E-state index in [4.69, 9.17) is 0 Å². The van der Waals surface area contributed by atoms with E-state index in [1.54, 1.807) is 32.0 Å². The number of carboxylic acid groups (broad SMARTS) is 1. The Morgan fingerprint density at radius 1 is 1.28 bits per heavy atom. The lowest BCUT2D eigenvalue weighted by molar-refractivity contribution is -0.149. The summed E-state index contributed by atoms with van der Waals surface area (Å²) in [7, 11) is -3.31. The first-order chi connectivity index (χ1) is 11.8.